The molecule has 0 saturated heterocycles. The lowest BCUT2D eigenvalue weighted by molar-refractivity contribution is -0.113. The smallest absolute Gasteiger partial charge is 0.236 e. The van der Waals surface area contributed by atoms with Gasteiger partial charge in [0.1, 0.15) is 5.52 Å². The normalized spacial score (nSPS) is 13.7. The number of nitrogens with zero attached hydrogens (tertiary/aromatic N) is 5. The van der Waals surface area contributed by atoms with Crippen molar-refractivity contribution in [2.45, 2.75) is 44.3 Å². The predicted octanol–water partition coefficient (Wildman–Crippen LogP) is 4.07. The summed E-state index contributed by atoms with van der Waals surface area (Å²) in [7, 11) is 0. The molecule has 1 amide bonds. The van der Waals surface area contributed by atoms with Crippen molar-refractivity contribution in [3.63, 3.8) is 0 Å². The quantitative estimate of drug-likeness (QED) is 0.486. The number of aromatic nitrogens is 5. The third kappa shape index (κ3) is 3.49. The minimum absolute atomic E-state index is 0.0965. The SMILES string of the molecule is CCn1c2ccccc2c2nnc(SCC(=O)Nc3nc4c(s3)CCCC4)nc21. The Hall–Kier alpha value is -2.52. The second kappa shape index (κ2) is 7.72. The Bertz CT molecular complexity index is 1190. The molecule has 29 heavy (non-hydrogen) atoms. The molecule has 0 saturated carbocycles. The van der Waals surface area contributed by atoms with Crippen molar-refractivity contribution in [1.29, 1.82) is 0 Å². The number of thioether (sulfide) groups is 1. The standard InChI is InChI=1S/C20H20N6OS2/c1-2-26-14-9-5-3-7-12(14)17-18(26)23-20(25-24-17)28-11-16(27)22-19-21-13-8-4-6-10-15(13)29-19/h3,5,7,9H,2,4,6,8,10-11H2,1H3,(H,21,22,27). The Kier molecular flexibility index (Phi) is 4.92. The van der Waals surface area contributed by atoms with Gasteiger partial charge in [-0.2, -0.15) is 0 Å². The molecule has 4 aromatic rings. The maximum absolute atomic E-state index is 12.4. The van der Waals surface area contributed by atoms with E-state index in [0.29, 0.717) is 10.3 Å². The molecule has 0 aliphatic heterocycles. The average molecular weight is 425 g/mol. The molecule has 5 rings (SSSR count). The summed E-state index contributed by atoms with van der Waals surface area (Å²) in [4.78, 5) is 22.9. The van der Waals surface area contributed by atoms with Gasteiger partial charge in [0.15, 0.2) is 10.8 Å². The molecule has 7 nitrogen and oxygen atoms in total. The first-order chi connectivity index (χ1) is 14.2. The number of aryl methyl sites for hydroxylation is 3. The van der Waals surface area contributed by atoms with Gasteiger partial charge < -0.3 is 9.88 Å². The van der Waals surface area contributed by atoms with Crippen LogP contribution in [0.5, 0.6) is 0 Å². The number of hydrogen-bond acceptors (Lipinski definition) is 7. The van der Waals surface area contributed by atoms with Crippen molar-refractivity contribution < 1.29 is 4.79 Å². The number of amides is 1. The first-order valence-electron chi connectivity index (χ1n) is 9.76. The fourth-order valence-electron chi connectivity index (χ4n) is 3.76. The molecule has 1 aromatic carbocycles. The Labute approximate surface area is 176 Å². The summed E-state index contributed by atoms with van der Waals surface area (Å²) in [6.45, 7) is 2.88. The molecule has 1 N–H and O–H groups in total. The predicted molar refractivity (Wildman–Crippen MR) is 117 cm³/mol. The largest absolute Gasteiger partial charge is 0.324 e. The zero-order valence-corrected chi connectivity index (χ0v) is 17.6. The van der Waals surface area contributed by atoms with Crippen LogP contribution >= 0.6 is 23.1 Å². The minimum Gasteiger partial charge on any atom is -0.324 e. The van der Waals surface area contributed by atoms with Crippen LogP contribution in [0.2, 0.25) is 0 Å². The van der Waals surface area contributed by atoms with Crippen LogP contribution in [0, 0.1) is 0 Å². The lowest BCUT2D eigenvalue weighted by atomic mass is 10.0. The van der Waals surface area contributed by atoms with Crippen LogP contribution in [0.3, 0.4) is 0 Å². The second-order valence-corrected chi connectivity index (χ2v) is 8.99. The van der Waals surface area contributed by atoms with Crippen LogP contribution in [0.4, 0.5) is 5.13 Å². The van der Waals surface area contributed by atoms with E-state index in [9.17, 15) is 4.79 Å². The van der Waals surface area contributed by atoms with E-state index in [-0.39, 0.29) is 11.7 Å². The van der Waals surface area contributed by atoms with E-state index in [1.165, 1.54) is 29.5 Å². The molecule has 148 valence electrons. The summed E-state index contributed by atoms with van der Waals surface area (Å²) in [6.07, 6.45) is 4.48. The van der Waals surface area contributed by atoms with E-state index in [2.05, 4.69) is 43.0 Å². The van der Waals surface area contributed by atoms with Crippen molar-refractivity contribution in [2.75, 3.05) is 11.1 Å². The zero-order valence-electron chi connectivity index (χ0n) is 16.0. The third-order valence-electron chi connectivity index (χ3n) is 5.10. The van der Waals surface area contributed by atoms with Crippen LogP contribution in [0.25, 0.3) is 22.1 Å². The van der Waals surface area contributed by atoms with Crippen LogP contribution < -0.4 is 5.32 Å². The number of hydrogen-bond donors (Lipinski definition) is 1. The number of benzene rings is 1. The van der Waals surface area contributed by atoms with Crippen molar-refractivity contribution in [3.05, 3.63) is 34.8 Å². The molecule has 0 bridgehead atoms. The highest BCUT2D eigenvalue weighted by Gasteiger charge is 2.17. The summed E-state index contributed by atoms with van der Waals surface area (Å²) in [5.74, 6) is 0.130. The molecule has 1 aliphatic carbocycles. The van der Waals surface area contributed by atoms with Crippen molar-refractivity contribution in [1.82, 2.24) is 24.7 Å². The van der Waals surface area contributed by atoms with Crippen LogP contribution in [-0.4, -0.2) is 36.4 Å². The van der Waals surface area contributed by atoms with Gasteiger partial charge in [-0.3, -0.25) is 4.79 Å². The number of thiazole rings is 1. The lowest BCUT2D eigenvalue weighted by Crippen LogP contribution is -2.14. The summed E-state index contributed by atoms with van der Waals surface area (Å²) < 4.78 is 2.13. The zero-order chi connectivity index (χ0) is 19.8. The van der Waals surface area contributed by atoms with Gasteiger partial charge in [-0.05, 0) is 38.7 Å². The van der Waals surface area contributed by atoms with Gasteiger partial charge in [0.05, 0.1) is 17.0 Å². The van der Waals surface area contributed by atoms with E-state index in [1.54, 1.807) is 11.3 Å². The Morgan fingerprint density at radius 1 is 1.21 bits per heavy atom. The number of carbonyl (C=O) groups is 1. The van der Waals surface area contributed by atoms with Gasteiger partial charge >= 0.3 is 0 Å². The van der Waals surface area contributed by atoms with Crippen LogP contribution in [0.1, 0.15) is 30.3 Å². The maximum atomic E-state index is 12.4. The Morgan fingerprint density at radius 3 is 2.93 bits per heavy atom. The van der Waals surface area contributed by atoms with E-state index >= 15 is 0 Å². The van der Waals surface area contributed by atoms with Crippen molar-refractivity contribution in [3.8, 4) is 0 Å². The molecule has 0 fully saturated rings. The summed E-state index contributed by atoms with van der Waals surface area (Å²) >= 11 is 2.89. The number of fused-ring (bicyclic) bond motifs is 4. The molecule has 3 aromatic heterocycles. The topological polar surface area (TPSA) is 85.6 Å². The summed E-state index contributed by atoms with van der Waals surface area (Å²) in [6, 6.07) is 8.11. The highest BCUT2D eigenvalue weighted by Crippen LogP contribution is 2.30. The molecule has 1 aliphatic rings. The van der Waals surface area contributed by atoms with Crippen molar-refractivity contribution >= 4 is 56.2 Å². The third-order valence-corrected chi connectivity index (χ3v) is 7.01. The van der Waals surface area contributed by atoms with E-state index in [0.717, 1.165) is 47.1 Å². The van der Waals surface area contributed by atoms with Gasteiger partial charge in [0.2, 0.25) is 11.1 Å². The number of carbonyl (C=O) groups excluding carboxylic acids is 1. The molecule has 3 heterocycles. The monoisotopic (exact) mass is 424 g/mol. The summed E-state index contributed by atoms with van der Waals surface area (Å²) in [5, 5.41) is 13.8. The number of anilines is 1. The minimum atomic E-state index is -0.0965. The Balaban J connectivity index is 1.32. The van der Waals surface area contributed by atoms with Gasteiger partial charge in [0, 0.05) is 16.8 Å². The van der Waals surface area contributed by atoms with Gasteiger partial charge in [-0.15, -0.1) is 21.5 Å². The molecule has 0 atom stereocenters. The molecule has 0 spiro atoms. The number of nitrogens with one attached hydrogen (secondary N) is 1. The van der Waals surface area contributed by atoms with Crippen LogP contribution in [0.15, 0.2) is 29.4 Å². The summed E-state index contributed by atoms with van der Waals surface area (Å²) in [5.41, 5.74) is 3.85. The number of rotatable bonds is 5. The second-order valence-electron chi connectivity index (χ2n) is 6.96. The molecular weight excluding hydrogens is 404 g/mol. The first-order valence-corrected chi connectivity index (χ1v) is 11.6. The van der Waals surface area contributed by atoms with E-state index in [1.807, 2.05) is 18.2 Å². The van der Waals surface area contributed by atoms with E-state index in [4.69, 9.17) is 0 Å². The van der Waals surface area contributed by atoms with Gasteiger partial charge in [-0.25, -0.2) is 9.97 Å². The Morgan fingerprint density at radius 2 is 2.07 bits per heavy atom. The highest BCUT2D eigenvalue weighted by atomic mass is 32.2. The molecule has 0 radical (unpaired) electrons. The molecule has 0 unspecified atom stereocenters. The lowest BCUT2D eigenvalue weighted by Gasteiger charge is -2.06. The van der Waals surface area contributed by atoms with Crippen LogP contribution in [-0.2, 0) is 24.2 Å². The maximum Gasteiger partial charge on any atom is 0.236 e. The van der Waals surface area contributed by atoms with Gasteiger partial charge in [0.25, 0.3) is 0 Å². The molecular formula is C20H20N6OS2. The van der Waals surface area contributed by atoms with E-state index < -0.39 is 0 Å². The fourth-order valence-corrected chi connectivity index (χ4v) is 5.41. The fraction of sp³-hybridized carbons (Fsp3) is 0.350. The molecule has 9 heteroatoms. The average Bonchev–Trinajstić information content (AvgIpc) is 3.29. The van der Waals surface area contributed by atoms with Crippen molar-refractivity contribution in [2.24, 2.45) is 0 Å². The van der Waals surface area contributed by atoms with Gasteiger partial charge in [-0.1, -0.05) is 30.0 Å². The first kappa shape index (κ1) is 18.5. The highest BCUT2D eigenvalue weighted by molar-refractivity contribution is 7.99. The number of para-hydroxylation sites is 1.